The molecule has 1 aliphatic carbocycles. The molecule has 2 aliphatic rings. The summed E-state index contributed by atoms with van der Waals surface area (Å²) >= 11 is 0. The fourth-order valence-electron chi connectivity index (χ4n) is 3.20. The molecule has 0 aromatic carbocycles. The minimum Gasteiger partial charge on any atom is -0.299 e. The van der Waals surface area contributed by atoms with Gasteiger partial charge in [-0.2, -0.15) is 12.7 Å². The van der Waals surface area contributed by atoms with E-state index >= 15 is 0 Å². The molecule has 1 heterocycles. The Hall–Kier alpha value is -0.460. The summed E-state index contributed by atoms with van der Waals surface area (Å²) in [6.07, 6.45) is 5.94. The van der Waals surface area contributed by atoms with Gasteiger partial charge in [-0.05, 0) is 32.1 Å². The van der Waals surface area contributed by atoms with Crippen molar-refractivity contribution in [1.29, 1.82) is 0 Å². The second-order valence-electron chi connectivity index (χ2n) is 5.54. The minimum absolute atomic E-state index is 0.0746. The van der Waals surface area contributed by atoms with Gasteiger partial charge in [0.2, 0.25) is 0 Å². The van der Waals surface area contributed by atoms with E-state index in [1.807, 2.05) is 6.92 Å². The Morgan fingerprint density at radius 2 is 2.05 bits per heavy atom. The Bertz CT molecular complexity index is 422. The zero-order valence-electron chi connectivity index (χ0n) is 11.6. The van der Waals surface area contributed by atoms with E-state index in [0.717, 1.165) is 38.5 Å². The van der Waals surface area contributed by atoms with Gasteiger partial charge in [-0.1, -0.05) is 13.3 Å². The lowest BCUT2D eigenvalue weighted by molar-refractivity contribution is -0.126. The van der Waals surface area contributed by atoms with Crippen molar-refractivity contribution < 1.29 is 13.2 Å². The molecule has 0 amide bonds. The highest BCUT2D eigenvalue weighted by Crippen LogP contribution is 2.33. The number of hydrogen-bond acceptors (Lipinski definition) is 3. The van der Waals surface area contributed by atoms with Gasteiger partial charge < -0.3 is 0 Å². The Morgan fingerprint density at radius 1 is 1.26 bits per heavy atom. The van der Waals surface area contributed by atoms with E-state index in [1.165, 1.54) is 4.31 Å². The number of Topliss-reactive ketones (excluding diaryl/α,β-unsaturated/α-hetero) is 1. The third-order valence-corrected chi connectivity index (χ3v) is 5.80. The van der Waals surface area contributed by atoms with E-state index in [0.29, 0.717) is 19.5 Å². The van der Waals surface area contributed by atoms with Crippen LogP contribution in [0.2, 0.25) is 0 Å². The third kappa shape index (κ3) is 3.35. The molecule has 2 rings (SSSR count). The number of carbonyl (C=O) groups is 1. The van der Waals surface area contributed by atoms with Crippen LogP contribution in [0.4, 0.5) is 0 Å². The molecular formula is C13H24N2O3S. The van der Waals surface area contributed by atoms with Crippen LogP contribution in [0.25, 0.3) is 0 Å². The van der Waals surface area contributed by atoms with E-state index in [1.54, 1.807) is 0 Å². The Balaban J connectivity index is 2.09. The topological polar surface area (TPSA) is 66.5 Å². The second kappa shape index (κ2) is 6.33. The van der Waals surface area contributed by atoms with E-state index in [2.05, 4.69) is 4.72 Å². The first kappa shape index (κ1) is 14.9. The third-order valence-electron chi connectivity index (χ3n) is 4.16. The minimum atomic E-state index is -3.41. The van der Waals surface area contributed by atoms with Crippen LogP contribution in [0.15, 0.2) is 0 Å². The largest absolute Gasteiger partial charge is 0.299 e. The number of ketones is 1. The average molecular weight is 288 g/mol. The number of nitrogens with one attached hydrogen (secondary N) is 1. The van der Waals surface area contributed by atoms with Gasteiger partial charge in [0.1, 0.15) is 5.78 Å². The van der Waals surface area contributed by atoms with Crippen molar-refractivity contribution in [2.45, 2.75) is 57.9 Å². The Labute approximate surface area is 115 Å². The van der Waals surface area contributed by atoms with Crippen molar-refractivity contribution in [1.82, 2.24) is 9.03 Å². The molecular weight excluding hydrogens is 264 g/mol. The smallest absolute Gasteiger partial charge is 0.279 e. The van der Waals surface area contributed by atoms with Crippen LogP contribution < -0.4 is 4.72 Å². The van der Waals surface area contributed by atoms with Crippen molar-refractivity contribution in [2.24, 2.45) is 5.92 Å². The molecule has 1 aliphatic heterocycles. The van der Waals surface area contributed by atoms with Gasteiger partial charge in [-0.15, -0.1) is 0 Å². The predicted octanol–water partition coefficient (Wildman–Crippen LogP) is 1.45. The lowest BCUT2D eigenvalue weighted by atomic mass is 9.82. The molecule has 2 fully saturated rings. The summed E-state index contributed by atoms with van der Waals surface area (Å²) < 4.78 is 28.7. The zero-order chi connectivity index (χ0) is 13.9. The molecule has 1 N–H and O–H groups in total. The highest BCUT2D eigenvalue weighted by atomic mass is 32.2. The molecule has 2 atom stereocenters. The van der Waals surface area contributed by atoms with Crippen molar-refractivity contribution >= 4 is 16.0 Å². The fourth-order valence-corrected chi connectivity index (χ4v) is 4.80. The monoisotopic (exact) mass is 288 g/mol. The van der Waals surface area contributed by atoms with Crippen molar-refractivity contribution in [2.75, 3.05) is 13.1 Å². The highest BCUT2D eigenvalue weighted by molar-refractivity contribution is 7.87. The lowest BCUT2D eigenvalue weighted by Gasteiger charge is -2.32. The second-order valence-corrected chi connectivity index (χ2v) is 7.25. The molecule has 5 nitrogen and oxygen atoms in total. The van der Waals surface area contributed by atoms with Gasteiger partial charge in [0.25, 0.3) is 10.2 Å². The van der Waals surface area contributed by atoms with Crippen LogP contribution in [0.5, 0.6) is 0 Å². The van der Waals surface area contributed by atoms with Gasteiger partial charge in [-0.25, -0.2) is 4.72 Å². The lowest BCUT2D eigenvalue weighted by Crippen LogP contribution is -2.48. The molecule has 1 saturated carbocycles. The first-order chi connectivity index (χ1) is 9.06. The maximum Gasteiger partial charge on any atom is 0.279 e. The fraction of sp³-hybridized carbons (Fsp3) is 0.923. The summed E-state index contributed by atoms with van der Waals surface area (Å²) in [4.78, 5) is 12.0. The van der Waals surface area contributed by atoms with E-state index in [9.17, 15) is 13.2 Å². The van der Waals surface area contributed by atoms with E-state index in [-0.39, 0.29) is 17.7 Å². The summed E-state index contributed by atoms with van der Waals surface area (Å²) in [5.74, 6) is 0.184. The van der Waals surface area contributed by atoms with E-state index < -0.39 is 10.2 Å². The molecule has 6 heteroatoms. The number of carbonyl (C=O) groups excluding carboxylic acids is 1. The van der Waals surface area contributed by atoms with Gasteiger partial charge in [-0.3, -0.25) is 4.79 Å². The first-order valence-corrected chi connectivity index (χ1v) is 8.79. The van der Waals surface area contributed by atoms with Crippen molar-refractivity contribution in [3.63, 3.8) is 0 Å². The first-order valence-electron chi connectivity index (χ1n) is 7.35. The van der Waals surface area contributed by atoms with Crippen molar-refractivity contribution in [3.05, 3.63) is 0 Å². The van der Waals surface area contributed by atoms with Crippen LogP contribution in [0.3, 0.4) is 0 Å². The number of hydrogen-bond donors (Lipinski definition) is 1. The maximum absolute atomic E-state index is 12.3. The van der Waals surface area contributed by atoms with E-state index in [4.69, 9.17) is 0 Å². The maximum atomic E-state index is 12.3. The van der Waals surface area contributed by atoms with Crippen molar-refractivity contribution in [3.8, 4) is 0 Å². The predicted molar refractivity (Wildman–Crippen MR) is 73.9 cm³/mol. The van der Waals surface area contributed by atoms with Crippen LogP contribution in [0, 0.1) is 5.92 Å². The average Bonchev–Trinajstić information content (AvgIpc) is 2.87. The van der Waals surface area contributed by atoms with Crippen LogP contribution in [-0.2, 0) is 15.0 Å². The van der Waals surface area contributed by atoms with Gasteiger partial charge >= 0.3 is 0 Å². The van der Waals surface area contributed by atoms with Gasteiger partial charge in [0.15, 0.2) is 0 Å². The standard InChI is InChI=1S/C13H24N2O3S/c1-2-9-14-19(17,18)15-10-5-7-12(15)11-6-3-4-8-13(11)16/h11-12,14H,2-10H2,1H3. The summed E-state index contributed by atoms with van der Waals surface area (Å²) in [5.41, 5.74) is 0. The molecule has 19 heavy (non-hydrogen) atoms. The normalized spacial score (nSPS) is 29.8. The Morgan fingerprint density at radius 3 is 2.74 bits per heavy atom. The van der Waals surface area contributed by atoms with Crippen LogP contribution in [-0.4, -0.2) is 37.6 Å². The molecule has 0 spiro atoms. The van der Waals surface area contributed by atoms with Gasteiger partial charge in [0.05, 0.1) is 0 Å². The molecule has 0 radical (unpaired) electrons. The molecule has 110 valence electrons. The molecule has 0 aromatic rings. The number of nitrogens with zero attached hydrogens (tertiary/aromatic N) is 1. The van der Waals surface area contributed by atoms with Crippen LogP contribution in [0.1, 0.15) is 51.9 Å². The summed E-state index contributed by atoms with van der Waals surface area (Å²) in [7, 11) is -3.41. The molecule has 1 saturated heterocycles. The molecule has 0 bridgehead atoms. The summed E-state index contributed by atoms with van der Waals surface area (Å²) in [5, 5.41) is 0. The summed E-state index contributed by atoms with van der Waals surface area (Å²) in [6.45, 7) is 2.95. The SMILES string of the molecule is CCCNS(=O)(=O)N1CCCC1C1CCCCC1=O. The summed E-state index contributed by atoms with van der Waals surface area (Å²) in [6, 6.07) is -0.109. The quantitative estimate of drug-likeness (QED) is 0.832. The molecule has 0 aromatic heterocycles. The Kier molecular flexibility index (Phi) is 4.97. The zero-order valence-corrected chi connectivity index (χ0v) is 12.4. The molecule has 2 unspecified atom stereocenters. The highest BCUT2D eigenvalue weighted by Gasteiger charge is 2.41. The number of rotatable bonds is 5. The van der Waals surface area contributed by atoms with Gasteiger partial charge in [0, 0.05) is 31.5 Å². The van der Waals surface area contributed by atoms with Crippen LogP contribution >= 0.6 is 0 Å².